The molecule has 0 fully saturated rings. The molecule has 2 atom stereocenters. The summed E-state index contributed by atoms with van der Waals surface area (Å²) in [5.41, 5.74) is 11.4. The number of fused-ring (bicyclic) bond motifs is 1. The highest BCUT2D eigenvalue weighted by atomic mass is 32.2. The Balaban J connectivity index is 1.55. The Labute approximate surface area is 240 Å². The lowest BCUT2D eigenvalue weighted by Crippen LogP contribution is -2.42. The number of rotatable bonds is 10. The van der Waals surface area contributed by atoms with E-state index in [2.05, 4.69) is 20.5 Å². The monoisotopic (exact) mass is 576 g/mol. The van der Waals surface area contributed by atoms with E-state index >= 15 is 0 Å². The fraction of sp³-hybridized carbons (Fsp3) is 0.300. The maximum atomic E-state index is 13.2. The van der Waals surface area contributed by atoms with Gasteiger partial charge in [0.05, 0.1) is 22.3 Å². The number of primary amides is 1. The van der Waals surface area contributed by atoms with Gasteiger partial charge in [-0.3, -0.25) is 9.59 Å². The normalized spacial score (nSPS) is 13.1. The van der Waals surface area contributed by atoms with E-state index in [1.54, 1.807) is 29.1 Å². The largest absolute Gasteiger partial charge is 0.383 e. The molecule has 0 bridgehead atoms. The molecule has 10 nitrogen and oxygen atoms in total. The quantitative estimate of drug-likeness (QED) is 0.227. The van der Waals surface area contributed by atoms with E-state index in [4.69, 9.17) is 5.73 Å². The molecular formula is C30H36N6O4S. The maximum absolute atomic E-state index is 13.2. The summed E-state index contributed by atoms with van der Waals surface area (Å²) in [4.78, 5) is 24.3. The van der Waals surface area contributed by atoms with Gasteiger partial charge < -0.3 is 16.4 Å². The fourth-order valence-electron chi connectivity index (χ4n) is 4.97. The Morgan fingerprint density at radius 3 is 2.29 bits per heavy atom. The molecule has 0 aliphatic carbocycles. The molecule has 5 N–H and O–H groups in total. The number of sulfonamides is 1. The van der Waals surface area contributed by atoms with Crippen LogP contribution in [0.3, 0.4) is 0 Å². The van der Waals surface area contributed by atoms with Crippen molar-refractivity contribution in [3.05, 3.63) is 82.5 Å². The minimum atomic E-state index is -3.71. The Morgan fingerprint density at radius 2 is 1.63 bits per heavy atom. The van der Waals surface area contributed by atoms with Crippen molar-refractivity contribution in [3.8, 4) is 5.69 Å². The number of carbonyl (C=O) groups excluding carboxylic acids is 2. The molecule has 2 amide bonds. The standard InChI is InChI=1S/C30H36N6O4S/c1-17-10-19(3)28(20(4)11-17)41(39,40)35-21(5)15-32-26-12-18(2)13-27-25(26)16-33-36(27)24-9-7-8-23(14-24)30(38)34-22(6)29(31)37/h7-14,16,21-22,32,35H,15H2,1-6H3,(H2,31,37)(H,34,38)/t21-,22-/m0/s1. The highest BCUT2D eigenvalue weighted by molar-refractivity contribution is 7.89. The van der Waals surface area contributed by atoms with Gasteiger partial charge in [-0.15, -0.1) is 0 Å². The van der Waals surface area contributed by atoms with Crippen molar-refractivity contribution in [2.45, 2.75) is 58.5 Å². The molecule has 0 saturated heterocycles. The zero-order valence-electron chi connectivity index (χ0n) is 24.1. The van der Waals surface area contributed by atoms with Crippen LogP contribution in [0.15, 0.2) is 59.6 Å². The van der Waals surface area contributed by atoms with Crippen molar-refractivity contribution in [3.63, 3.8) is 0 Å². The minimum Gasteiger partial charge on any atom is -0.383 e. The summed E-state index contributed by atoms with van der Waals surface area (Å²) in [6.07, 6.45) is 1.73. The van der Waals surface area contributed by atoms with Crippen LogP contribution in [0, 0.1) is 27.7 Å². The van der Waals surface area contributed by atoms with Crippen molar-refractivity contribution in [2.24, 2.45) is 5.73 Å². The Kier molecular flexibility index (Phi) is 8.50. The first-order chi connectivity index (χ1) is 19.3. The average molecular weight is 577 g/mol. The zero-order valence-corrected chi connectivity index (χ0v) is 24.9. The Bertz CT molecular complexity index is 1720. The second-order valence-corrected chi connectivity index (χ2v) is 12.2. The second kappa shape index (κ2) is 11.7. The summed E-state index contributed by atoms with van der Waals surface area (Å²) in [6.45, 7) is 11.2. The van der Waals surface area contributed by atoms with Crippen molar-refractivity contribution in [1.82, 2.24) is 19.8 Å². The van der Waals surface area contributed by atoms with Gasteiger partial charge in [0.15, 0.2) is 0 Å². The summed E-state index contributed by atoms with van der Waals surface area (Å²) in [5.74, 6) is -1.04. The van der Waals surface area contributed by atoms with Gasteiger partial charge >= 0.3 is 0 Å². The number of anilines is 1. The summed E-state index contributed by atoms with van der Waals surface area (Å²) >= 11 is 0. The molecule has 11 heteroatoms. The third-order valence-electron chi connectivity index (χ3n) is 6.79. The highest BCUT2D eigenvalue weighted by Crippen LogP contribution is 2.28. The number of nitrogens with one attached hydrogen (secondary N) is 3. The van der Waals surface area contributed by atoms with E-state index in [0.29, 0.717) is 33.8 Å². The molecular weight excluding hydrogens is 540 g/mol. The predicted octanol–water partition coefficient (Wildman–Crippen LogP) is 3.64. The van der Waals surface area contributed by atoms with Crippen molar-refractivity contribution >= 4 is 38.4 Å². The fourth-order valence-corrected chi connectivity index (χ4v) is 6.66. The smallest absolute Gasteiger partial charge is 0.251 e. The molecule has 1 aromatic heterocycles. The molecule has 41 heavy (non-hydrogen) atoms. The molecule has 0 aliphatic rings. The van der Waals surface area contributed by atoms with Gasteiger partial charge in [0.2, 0.25) is 15.9 Å². The van der Waals surface area contributed by atoms with E-state index < -0.39 is 33.9 Å². The molecule has 0 saturated carbocycles. The predicted molar refractivity (Wildman–Crippen MR) is 161 cm³/mol. The van der Waals surface area contributed by atoms with Crippen molar-refractivity contribution in [1.29, 1.82) is 0 Å². The number of nitrogens with two attached hydrogens (primary N) is 1. The molecule has 0 radical (unpaired) electrons. The molecule has 0 aliphatic heterocycles. The highest BCUT2D eigenvalue weighted by Gasteiger charge is 2.22. The van der Waals surface area contributed by atoms with Crippen LogP contribution in [-0.4, -0.2) is 48.6 Å². The molecule has 4 aromatic rings. The van der Waals surface area contributed by atoms with Crippen LogP contribution in [0.5, 0.6) is 0 Å². The number of benzene rings is 3. The zero-order chi connectivity index (χ0) is 30.1. The number of hydrogen-bond acceptors (Lipinski definition) is 6. The van der Waals surface area contributed by atoms with Gasteiger partial charge in [-0.2, -0.15) is 5.10 Å². The molecule has 0 spiro atoms. The Hall–Kier alpha value is -4.22. The van der Waals surface area contributed by atoms with Gasteiger partial charge in [0, 0.05) is 29.2 Å². The molecule has 0 unspecified atom stereocenters. The number of carbonyl (C=O) groups is 2. The molecule has 3 aromatic carbocycles. The van der Waals surface area contributed by atoms with Crippen LogP contribution in [0.1, 0.15) is 46.5 Å². The summed E-state index contributed by atoms with van der Waals surface area (Å²) in [5, 5.41) is 11.4. The van der Waals surface area contributed by atoms with Gasteiger partial charge in [-0.1, -0.05) is 23.8 Å². The van der Waals surface area contributed by atoms with Gasteiger partial charge in [0.25, 0.3) is 5.91 Å². The summed E-state index contributed by atoms with van der Waals surface area (Å²) in [7, 11) is -3.71. The molecule has 4 rings (SSSR count). The number of amides is 2. The minimum absolute atomic E-state index is 0.314. The Morgan fingerprint density at radius 1 is 0.976 bits per heavy atom. The number of aryl methyl sites for hydroxylation is 4. The van der Waals surface area contributed by atoms with E-state index in [1.807, 2.05) is 65.0 Å². The van der Waals surface area contributed by atoms with Crippen LogP contribution in [-0.2, 0) is 14.8 Å². The van der Waals surface area contributed by atoms with Crippen LogP contribution >= 0.6 is 0 Å². The van der Waals surface area contributed by atoms with Crippen LogP contribution < -0.4 is 21.1 Å². The van der Waals surface area contributed by atoms with Crippen LogP contribution in [0.2, 0.25) is 0 Å². The van der Waals surface area contributed by atoms with Crippen molar-refractivity contribution < 1.29 is 18.0 Å². The lowest BCUT2D eigenvalue weighted by Gasteiger charge is -2.19. The number of aromatic nitrogens is 2. The van der Waals surface area contributed by atoms with Gasteiger partial charge in [-0.25, -0.2) is 17.8 Å². The third kappa shape index (κ3) is 6.58. The summed E-state index contributed by atoms with van der Waals surface area (Å²) < 4.78 is 30.9. The number of hydrogen-bond donors (Lipinski definition) is 4. The van der Waals surface area contributed by atoms with Gasteiger partial charge in [0.1, 0.15) is 6.04 Å². The maximum Gasteiger partial charge on any atom is 0.251 e. The first-order valence-corrected chi connectivity index (χ1v) is 14.8. The first-order valence-electron chi connectivity index (χ1n) is 13.3. The van der Waals surface area contributed by atoms with Crippen LogP contribution in [0.25, 0.3) is 16.6 Å². The lowest BCUT2D eigenvalue weighted by atomic mass is 10.1. The second-order valence-electron chi connectivity index (χ2n) is 10.6. The van der Waals surface area contributed by atoms with E-state index in [1.165, 1.54) is 6.92 Å². The SMILES string of the molecule is Cc1cc(C)c(S(=O)(=O)N[C@@H](C)CNc2cc(C)cc3c2cnn3-c2cccc(C(=O)N[C@@H](C)C(N)=O)c2)c(C)c1. The summed E-state index contributed by atoms with van der Waals surface area (Å²) in [6, 6.07) is 13.4. The topological polar surface area (TPSA) is 148 Å². The van der Waals surface area contributed by atoms with Crippen molar-refractivity contribution in [2.75, 3.05) is 11.9 Å². The first kappa shape index (κ1) is 29.8. The van der Waals surface area contributed by atoms with E-state index in [-0.39, 0.29) is 0 Å². The molecule has 216 valence electrons. The number of nitrogens with zero attached hydrogens (tertiary/aromatic N) is 2. The van der Waals surface area contributed by atoms with Gasteiger partial charge in [-0.05, 0) is 88.6 Å². The van der Waals surface area contributed by atoms with E-state index in [0.717, 1.165) is 27.7 Å². The van der Waals surface area contributed by atoms with Crippen LogP contribution in [0.4, 0.5) is 5.69 Å². The molecule has 1 heterocycles. The average Bonchev–Trinajstić information content (AvgIpc) is 3.30. The van der Waals surface area contributed by atoms with E-state index in [9.17, 15) is 18.0 Å². The lowest BCUT2D eigenvalue weighted by molar-refractivity contribution is -0.119. The third-order valence-corrected chi connectivity index (χ3v) is 8.68.